The van der Waals surface area contributed by atoms with Crippen molar-refractivity contribution in [3.63, 3.8) is 0 Å². The number of carbonyl (C=O) groups excluding carboxylic acids is 1. The molecule has 0 spiro atoms. The highest BCUT2D eigenvalue weighted by atomic mass is 32.1. The average Bonchev–Trinajstić information content (AvgIpc) is 3.02. The van der Waals surface area contributed by atoms with Gasteiger partial charge in [0.15, 0.2) is 0 Å². The van der Waals surface area contributed by atoms with Crippen LogP contribution in [0, 0.1) is 13.8 Å². The normalized spacial score (nSPS) is 12.0. The number of aromatic carboxylic acids is 1. The lowest BCUT2D eigenvalue weighted by atomic mass is 10.1. The van der Waals surface area contributed by atoms with Crippen molar-refractivity contribution in [2.75, 3.05) is 7.11 Å². The summed E-state index contributed by atoms with van der Waals surface area (Å²) in [6.07, 6.45) is 0. The van der Waals surface area contributed by atoms with Gasteiger partial charge in [0.1, 0.15) is 15.6 Å². The van der Waals surface area contributed by atoms with Gasteiger partial charge in [-0.2, -0.15) is 0 Å². The Morgan fingerprint density at radius 2 is 1.93 bits per heavy atom. The lowest BCUT2D eigenvalue weighted by molar-refractivity contribution is 0.0700. The second-order valence-electron chi connectivity index (χ2n) is 6.15. The van der Waals surface area contributed by atoms with Crippen LogP contribution in [0.25, 0.3) is 10.9 Å². The standard InChI is InChI=1S/C19H19N3O4S/c1-9-14(7-12-5-6-13(26-4)8-15(12)20-9)17(23)21-11(3)18-22-10(2)16(27-18)19(24)25/h5-8,11H,1-4H3,(H,21,23)(H,24,25). The van der Waals surface area contributed by atoms with Crippen molar-refractivity contribution in [3.05, 3.63) is 51.1 Å². The van der Waals surface area contributed by atoms with Crippen molar-refractivity contribution in [3.8, 4) is 5.75 Å². The van der Waals surface area contributed by atoms with E-state index in [1.807, 2.05) is 18.2 Å². The van der Waals surface area contributed by atoms with Crippen LogP contribution in [-0.4, -0.2) is 34.1 Å². The molecule has 3 rings (SSSR count). The molecule has 0 aliphatic heterocycles. The summed E-state index contributed by atoms with van der Waals surface area (Å²) in [5, 5.41) is 13.4. The molecule has 2 N–H and O–H groups in total. The fourth-order valence-electron chi connectivity index (χ4n) is 2.74. The molecule has 2 heterocycles. The molecule has 3 aromatic rings. The third-order valence-electron chi connectivity index (χ3n) is 4.19. The quantitative estimate of drug-likeness (QED) is 0.697. The number of nitrogens with zero attached hydrogens (tertiary/aromatic N) is 2. The van der Waals surface area contributed by atoms with Gasteiger partial charge < -0.3 is 15.2 Å². The SMILES string of the molecule is COc1ccc2cc(C(=O)NC(C)c3nc(C)c(C(=O)O)s3)c(C)nc2c1. The number of aromatic nitrogens is 2. The van der Waals surface area contributed by atoms with Gasteiger partial charge in [-0.3, -0.25) is 9.78 Å². The van der Waals surface area contributed by atoms with Crippen molar-refractivity contribution in [2.24, 2.45) is 0 Å². The van der Waals surface area contributed by atoms with Gasteiger partial charge in [-0.1, -0.05) is 0 Å². The fourth-order valence-corrected chi connectivity index (χ4v) is 3.65. The zero-order valence-corrected chi connectivity index (χ0v) is 16.2. The number of aryl methyl sites for hydroxylation is 2. The van der Waals surface area contributed by atoms with E-state index in [-0.39, 0.29) is 10.8 Å². The molecule has 0 aliphatic rings. The number of nitrogens with one attached hydrogen (secondary N) is 1. The summed E-state index contributed by atoms with van der Waals surface area (Å²) in [6, 6.07) is 6.85. The van der Waals surface area contributed by atoms with E-state index < -0.39 is 12.0 Å². The Balaban J connectivity index is 1.86. The first kappa shape index (κ1) is 18.8. The molecule has 1 atom stereocenters. The summed E-state index contributed by atoms with van der Waals surface area (Å²) in [5.74, 6) is -0.594. The van der Waals surface area contributed by atoms with Gasteiger partial charge in [-0.15, -0.1) is 11.3 Å². The fraction of sp³-hybridized carbons (Fsp3) is 0.263. The monoisotopic (exact) mass is 385 g/mol. The van der Waals surface area contributed by atoms with E-state index in [0.717, 1.165) is 22.2 Å². The van der Waals surface area contributed by atoms with Crippen molar-refractivity contribution < 1.29 is 19.4 Å². The highest BCUT2D eigenvalue weighted by Gasteiger charge is 2.21. The van der Waals surface area contributed by atoms with Gasteiger partial charge in [0.05, 0.1) is 35.6 Å². The van der Waals surface area contributed by atoms with Crippen LogP contribution < -0.4 is 10.1 Å². The van der Waals surface area contributed by atoms with Crippen LogP contribution in [-0.2, 0) is 0 Å². The minimum atomic E-state index is -1.01. The van der Waals surface area contributed by atoms with Crippen LogP contribution in [0.15, 0.2) is 24.3 Å². The number of benzene rings is 1. The number of ether oxygens (including phenoxy) is 1. The maximum Gasteiger partial charge on any atom is 0.347 e. The molecule has 1 aromatic carbocycles. The number of carbonyl (C=O) groups is 2. The number of methoxy groups -OCH3 is 1. The number of amides is 1. The maximum atomic E-state index is 12.7. The molecule has 7 nitrogen and oxygen atoms in total. The molecule has 0 bridgehead atoms. The van der Waals surface area contributed by atoms with E-state index in [1.54, 1.807) is 33.9 Å². The average molecular weight is 385 g/mol. The molecule has 1 unspecified atom stereocenters. The van der Waals surface area contributed by atoms with Gasteiger partial charge in [-0.05, 0) is 39.0 Å². The minimum Gasteiger partial charge on any atom is -0.497 e. The maximum absolute atomic E-state index is 12.7. The van der Waals surface area contributed by atoms with Crippen LogP contribution in [0.2, 0.25) is 0 Å². The summed E-state index contributed by atoms with van der Waals surface area (Å²) in [4.78, 5) is 32.9. The van der Waals surface area contributed by atoms with E-state index >= 15 is 0 Å². The van der Waals surface area contributed by atoms with Crippen LogP contribution >= 0.6 is 11.3 Å². The highest BCUT2D eigenvalue weighted by molar-refractivity contribution is 7.13. The third kappa shape index (κ3) is 3.75. The second-order valence-corrected chi connectivity index (χ2v) is 7.18. The molecule has 0 saturated carbocycles. The number of pyridine rings is 1. The summed E-state index contributed by atoms with van der Waals surface area (Å²) in [6.45, 7) is 5.19. The van der Waals surface area contributed by atoms with Crippen LogP contribution in [0.1, 0.15) is 49.4 Å². The smallest absolute Gasteiger partial charge is 0.347 e. The molecule has 0 fully saturated rings. The molecule has 2 aromatic heterocycles. The van der Waals surface area contributed by atoms with Crippen LogP contribution in [0.5, 0.6) is 5.75 Å². The van der Waals surface area contributed by atoms with Crippen molar-refractivity contribution in [2.45, 2.75) is 26.8 Å². The number of fused-ring (bicyclic) bond motifs is 1. The first-order valence-corrected chi connectivity index (χ1v) is 9.08. The Labute approximate surface area is 160 Å². The summed E-state index contributed by atoms with van der Waals surface area (Å²) in [7, 11) is 1.59. The highest BCUT2D eigenvalue weighted by Crippen LogP contribution is 2.25. The first-order valence-electron chi connectivity index (χ1n) is 8.27. The zero-order valence-electron chi connectivity index (χ0n) is 15.4. The predicted molar refractivity (Wildman–Crippen MR) is 103 cm³/mol. The lowest BCUT2D eigenvalue weighted by Gasteiger charge is -2.13. The molecule has 0 saturated heterocycles. The molecule has 140 valence electrons. The van der Waals surface area contributed by atoms with E-state index in [2.05, 4.69) is 15.3 Å². The number of hydrogen-bond acceptors (Lipinski definition) is 6. The van der Waals surface area contributed by atoms with Crippen LogP contribution in [0.4, 0.5) is 0 Å². The molecular weight excluding hydrogens is 366 g/mol. The Morgan fingerprint density at radius 1 is 1.19 bits per heavy atom. The van der Waals surface area contributed by atoms with Gasteiger partial charge in [0.2, 0.25) is 0 Å². The van der Waals surface area contributed by atoms with Crippen LogP contribution in [0.3, 0.4) is 0 Å². The lowest BCUT2D eigenvalue weighted by Crippen LogP contribution is -2.27. The van der Waals surface area contributed by atoms with E-state index in [1.165, 1.54) is 0 Å². The van der Waals surface area contributed by atoms with Gasteiger partial charge in [0, 0.05) is 11.5 Å². The molecule has 1 amide bonds. The van der Waals surface area contributed by atoms with Crippen molar-refractivity contribution in [1.82, 2.24) is 15.3 Å². The predicted octanol–water partition coefficient (Wildman–Crippen LogP) is 3.51. The first-order chi connectivity index (χ1) is 12.8. The number of rotatable bonds is 5. The van der Waals surface area contributed by atoms with Crippen molar-refractivity contribution in [1.29, 1.82) is 0 Å². The number of carboxylic acid groups (broad SMARTS) is 1. The Bertz CT molecular complexity index is 1040. The Kier molecular flexibility index (Phi) is 5.09. The summed E-state index contributed by atoms with van der Waals surface area (Å²) < 4.78 is 5.20. The van der Waals surface area contributed by atoms with E-state index in [0.29, 0.717) is 27.7 Å². The topological polar surface area (TPSA) is 101 Å². The third-order valence-corrected chi connectivity index (χ3v) is 5.51. The number of hydrogen-bond donors (Lipinski definition) is 2. The zero-order chi connectivity index (χ0) is 19.7. The van der Waals surface area contributed by atoms with E-state index in [4.69, 9.17) is 9.84 Å². The summed E-state index contributed by atoms with van der Waals surface area (Å²) >= 11 is 1.07. The number of thiazole rings is 1. The van der Waals surface area contributed by atoms with Crippen molar-refractivity contribution >= 4 is 34.1 Å². The Morgan fingerprint density at radius 3 is 2.56 bits per heavy atom. The van der Waals surface area contributed by atoms with E-state index in [9.17, 15) is 9.59 Å². The Hall–Kier alpha value is -3.00. The molecule has 0 radical (unpaired) electrons. The summed E-state index contributed by atoms with van der Waals surface area (Å²) in [5.41, 5.74) is 2.26. The molecule has 27 heavy (non-hydrogen) atoms. The number of carboxylic acids is 1. The van der Waals surface area contributed by atoms with Gasteiger partial charge in [-0.25, -0.2) is 9.78 Å². The molecule has 0 aliphatic carbocycles. The minimum absolute atomic E-state index is 0.184. The molecular formula is C19H19N3O4S. The second kappa shape index (κ2) is 7.32. The van der Waals surface area contributed by atoms with Gasteiger partial charge in [0.25, 0.3) is 5.91 Å². The molecule has 8 heteroatoms. The van der Waals surface area contributed by atoms with Gasteiger partial charge >= 0.3 is 5.97 Å². The largest absolute Gasteiger partial charge is 0.497 e.